The van der Waals surface area contributed by atoms with Crippen LogP contribution in [0, 0.1) is 0 Å². The van der Waals surface area contributed by atoms with Crippen LogP contribution in [0.2, 0.25) is 10.0 Å². The highest BCUT2D eigenvalue weighted by Crippen LogP contribution is 2.27. The molecule has 0 bridgehead atoms. The lowest BCUT2D eigenvalue weighted by molar-refractivity contribution is 0.443. The Labute approximate surface area is 117 Å². The largest absolute Gasteiger partial charge is 0.468 e. The lowest BCUT2D eigenvalue weighted by Crippen LogP contribution is -2.19. The molecule has 1 unspecified atom stereocenters. The van der Waals surface area contributed by atoms with Crippen LogP contribution in [0.15, 0.2) is 41.0 Å². The zero-order valence-electron chi connectivity index (χ0n) is 10.1. The molecule has 0 aliphatic heterocycles. The normalized spacial score (nSPS) is 12.6. The third kappa shape index (κ3) is 3.29. The molecule has 96 valence electrons. The number of nitrogens with one attached hydrogen (secondary N) is 1. The molecule has 0 saturated carbocycles. The molecule has 2 rings (SSSR count). The molecule has 0 amide bonds. The van der Waals surface area contributed by atoms with Gasteiger partial charge in [0.05, 0.1) is 22.9 Å². The summed E-state index contributed by atoms with van der Waals surface area (Å²) < 4.78 is 5.30. The van der Waals surface area contributed by atoms with Crippen molar-refractivity contribution in [1.82, 2.24) is 5.32 Å². The summed E-state index contributed by atoms with van der Waals surface area (Å²) in [6, 6.07) is 9.82. The van der Waals surface area contributed by atoms with Crippen LogP contribution in [0.4, 0.5) is 0 Å². The highest BCUT2D eigenvalue weighted by atomic mass is 35.5. The molecule has 0 aliphatic carbocycles. The van der Waals surface area contributed by atoms with E-state index in [4.69, 9.17) is 27.6 Å². The smallest absolute Gasteiger partial charge is 0.117 e. The summed E-state index contributed by atoms with van der Waals surface area (Å²) in [5, 5.41) is 4.61. The summed E-state index contributed by atoms with van der Waals surface area (Å²) in [5.74, 6) is 0.925. The van der Waals surface area contributed by atoms with Gasteiger partial charge in [-0.3, -0.25) is 0 Å². The van der Waals surface area contributed by atoms with Gasteiger partial charge >= 0.3 is 0 Å². The Morgan fingerprint density at radius 3 is 2.67 bits per heavy atom. The zero-order valence-corrected chi connectivity index (χ0v) is 11.6. The fraction of sp³-hybridized carbons (Fsp3) is 0.286. The summed E-state index contributed by atoms with van der Waals surface area (Å²) in [6.07, 6.45) is 2.65. The van der Waals surface area contributed by atoms with E-state index < -0.39 is 0 Å². The monoisotopic (exact) mass is 283 g/mol. The van der Waals surface area contributed by atoms with Crippen LogP contribution in [0.3, 0.4) is 0 Å². The van der Waals surface area contributed by atoms with E-state index in [1.54, 1.807) is 6.26 Å². The van der Waals surface area contributed by atoms with Gasteiger partial charge in [0.1, 0.15) is 5.76 Å². The predicted octanol–water partition coefficient (Wildman–Crippen LogP) is 4.83. The Bertz CT molecular complexity index is 497. The van der Waals surface area contributed by atoms with Crippen molar-refractivity contribution in [2.24, 2.45) is 0 Å². The van der Waals surface area contributed by atoms with Crippen molar-refractivity contribution in [3.8, 4) is 0 Å². The minimum Gasteiger partial charge on any atom is -0.468 e. The molecule has 2 aromatic rings. The van der Waals surface area contributed by atoms with Crippen molar-refractivity contribution in [3.63, 3.8) is 0 Å². The molecule has 0 aliphatic rings. The third-order valence-corrected chi connectivity index (χ3v) is 3.60. The first-order valence-corrected chi connectivity index (χ1v) is 6.67. The van der Waals surface area contributed by atoms with Gasteiger partial charge in [0.25, 0.3) is 0 Å². The molecular weight excluding hydrogens is 269 g/mol. The summed E-state index contributed by atoms with van der Waals surface area (Å²) in [5.41, 5.74) is 1.14. The van der Waals surface area contributed by atoms with Gasteiger partial charge in [-0.05, 0) is 36.2 Å². The first-order chi connectivity index (χ1) is 8.70. The minimum atomic E-state index is 0.241. The number of benzene rings is 1. The summed E-state index contributed by atoms with van der Waals surface area (Å²) in [4.78, 5) is 0. The predicted molar refractivity (Wildman–Crippen MR) is 75.0 cm³/mol. The SMILES string of the molecule is CCC(NCc1ccco1)c1ccc(Cl)c(Cl)c1. The first kappa shape index (κ1) is 13.5. The second-order valence-corrected chi connectivity index (χ2v) is 4.91. The molecule has 1 N–H and O–H groups in total. The molecule has 2 nitrogen and oxygen atoms in total. The Hall–Kier alpha value is -0.960. The van der Waals surface area contributed by atoms with E-state index in [0.29, 0.717) is 16.6 Å². The fourth-order valence-electron chi connectivity index (χ4n) is 1.86. The van der Waals surface area contributed by atoms with Gasteiger partial charge < -0.3 is 9.73 Å². The van der Waals surface area contributed by atoms with Gasteiger partial charge in [-0.1, -0.05) is 36.2 Å². The number of hydrogen-bond donors (Lipinski definition) is 1. The summed E-state index contributed by atoms with van der Waals surface area (Å²) >= 11 is 12.0. The van der Waals surface area contributed by atoms with E-state index in [1.807, 2.05) is 30.3 Å². The second kappa shape index (κ2) is 6.28. The fourth-order valence-corrected chi connectivity index (χ4v) is 2.17. The van der Waals surface area contributed by atoms with E-state index in [9.17, 15) is 0 Å². The molecule has 18 heavy (non-hydrogen) atoms. The van der Waals surface area contributed by atoms with Crippen LogP contribution in [-0.2, 0) is 6.54 Å². The van der Waals surface area contributed by atoms with Gasteiger partial charge in [0, 0.05) is 6.04 Å². The molecular formula is C14H15Cl2NO. The second-order valence-electron chi connectivity index (χ2n) is 4.09. The molecule has 4 heteroatoms. The van der Waals surface area contributed by atoms with Crippen molar-refractivity contribution < 1.29 is 4.42 Å². The Kier molecular flexibility index (Phi) is 4.70. The van der Waals surface area contributed by atoms with Gasteiger partial charge in [-0.25, -0.2) is 0 Å². The number of halogens is 2. The zero-order chi connectivity index (χ0) is 13.0. The van der Waals surface area contributed by atoms with Crippen molar-refractivity contribution in [3.05, 3.63) is 58.0 Å². The molecule has 1 aromatic carbocycles. The van der Waals surface area contributed by atoms with Crippen LogP contribution in [-0.4, -0.2) is 0 Å². The number of hydrogen-bond acceptors (Lipinski definition) is 2. The maximum absolute atomic E-state index is 6.04. The van der Waals surface area contributed by atoms with E-state index in [-0.39, 0.29) is 6.04 Å². The maximum Gasteiger partial charge on any atom is 0.117 e. The molecule has 1 heterocycles. The van der Waals surface area contributed by atoms with E-state index in [0.717, 1.165) is 17.7 Å². The molecule has 1 aromatic heterocycles. The third-order valence-electron chi connectivity index (χ3n) is 2.86. The molecule has 0 fully saturated rings. The summed E-state index contributed by atoms with van der Waals surface area (Å²) in [7, 11) is 0. The van der Waals surface area contributed by atoms with E-state index >= 15 is 0 Å². The van der Waals surface area contributed by atoms with Crippen LogP contribution >= 0.6 is 23.2 Å². The number of rotatable bonds is 5. The topological polar surface area (TPSA) is 25.2 Å². The summed E-state index contributed by atoms with van der Waals surface area (Å²) in [6.45, 7) is 2.83. The minimum absolute atomic E-state index is 0.241. The van der Waals surface area contributed by atoms with Gasteiger partial charge in [-0.15, -0.1) is 0 Å². The van der Waals surface area contributed by atoms with Crippen molar-refractivity contribution in [2.45, 2.75) is 25.9 Å². The highest BCUT2D eigenvalue weighted by Gasteiger charge is 2.11. The Balaban J connectivity index is 2.05. The van der Waals surface area contributed by atoms with Crippen LogP contribution in [0.5, 0.6) is 0 Å². The van der Waals surface area contributed by atoms with Crippen LogP contribution < -0.4 is 5.32 Å². The number of furan rings is 1. The maximum atomic E-state index is 6.04. The standard InChI is InChI=1S/C14H15Cl2NO/c1-2-14(17-9-11-4-3-7-18-11)10-5-6-12(15)13(16)8-10/h3-8,14,17H,2,9H2,1H3. The Morgan fingerprint density at radius 2 is 2.06 bits per heavy atom. The van der Waals surface area contributed by atoms with Crippen molar-refractivity contribution in [2.75, 3.05) is 0 Å². The molecule has 0 spiro atoms. The quantitative estimate of drug-likeness (QED) is 0.850. The van der Waals surface area contributed by atoms with Crippen molar-refractivity contribution in [1.29, 1.82) is 0 Å². The highest BCUT2D eigenvalue weighted by molar-refractivity contribution is 6.42. The average molecular weight is 284 g/mol. The lowest BCUT2D eigenvalue weighted by Gasteiger charge is -2.17. The first-order valence-electron chi connectivity index (χ1n) is 5.91. The average Bonchev–Trinajstić information content (AvgIpc) is 2.87. The van der Waals surface area contributed by atoms with Gasteiger partial charge in [0.15, 0.2) is 0 Å². The molecule has 0 saturated heterocycles. The molecule has 1 atom stereocenters. The Morgan fingerprint density at radius 1 is 1.22 bits per heavy atom. The van der Waals surface area contributed by atoms with E-state index in [1.165, 1.54) is 0 Å². The van der Waals surface area contributed by atoms with Gasteiger partial charge in [0.2, 0.25) is 0 Å². The van der Waals surface area contributed by atoms with Gasteiger partial charge in [-0.2, -0.15) is 0 Å². The van der Waals surface area contributed by atoms with Crippen LogP contribution in [0.1, 0.15) is 30.7 Å². The lowest BCUT2D eigenvalue weighted by atomic mass is 10.0. The van der Waals surface area contributed by atoms with Crippen molar-refractivity contribution >= 4 is 23.2 Å². The van der Waals surface area contributed by atoms with Crippen LogP contribution in [0.25, 0.3) is 0 Å². The molecule has 0 radical (unpaired) electrons. The van der Waals surface area contributed by atoms with E-state index in [2.05, 4.69) is 12.2 Å².